The third kappa shape index (κ3) is 5.89. The van der Waals surface area contributed by atoms with Crippen molar-refractivity contribution in [2.24, 2.45) is 0 Å². The van der Waals surface area contributed by atoms with Gasteiger partial charge in [-0.05, 0) is 121 Å². The summed E-state index contributed by atoms with van der Waals surface area (Å²) < 4.78 is 0. The molecule has 11 aromatic carbocycles. The van der Waals surface area contributed by atoms with Crippen molar-refractivity contribution >= 4 is 61.1 Å². The first-order chi connectivity index (χ1) is 31.5. The van der Waals surface area contributed by atoms with Crippen LogP contribution in [0.15, 0.2) is 243 Å². The van der Waals surface area contributed by atoms with Gasteiger partial charge in [-0.15, -0.1) is 0 Å². The van der Waals surface area contributed by atoms with Crippen LogP contribution in [0, 0.1) is 0 Å². The summed E-state index contributed by atoms with van der Waals surface area (Å²) in [4.78, 5) is 0. The van der Waals surface area contributed by atoms with Crippen LogP contribution in [-0.4, -0.2) is 8.07 Å². The lowest BCUT2D eigenvalue weighted by molar-refractivity contribution is 0.661. The van der Waals surface area contributed by atoms with Crippen LogP contribution in [0.2, 0.25) is 0 Å². The Labute approximate surface area is 376 Å². The molecule has 302 valence electrons. The molecule has 0 amide bonds. The van der Waals surface area contributed by atoms with Gasteiger partial charge >= 0.3 is 0 Å². The van der Waals surface area contributed by atoms with E-state index in [1.165, 1.54) is 109 Å². The van der Waals surface area contributed by atoms with E-state index in [1.54, 1.807) is 0 Å². The molecule has 0 fully saturated rings. The van der Waals surface area contributed by atoms with Gasteiger partial charge in [0.2, 0.25) is 0 Å². The van der Waals surface area contributed by atoms with Crippen LogP contribution in [0.4, 0.5) is 0 Å². The van der Waals surface area contributed by atoms with Crippen molar-refractivity contribution in [1.29, 1.82) is 0 Å². The largest absolute Gasteiger partial charge is 0.179 e. The first-order valence-electron chi connectivity index (χ1n) is 22.5. The van der Waals surface area contributed by atoms with Gasteiger partial charge in [0.1, 0.15) is 0 Å². The molecule has 0 nitrogen and oxygen atoms in total. The van der Waals surface area contributed by atoms with Gasteiger partial charge in [0, 0.05) is 5.41 Å². The highest BCUT2D eigenvalue weighted by molar-refractivity contribution is 7.19. The molecule has 12 rings (SSSR count). The lowest BCUT2D eigenvalue weighted by Crippen LogP contribution is -2.74. The number of hydrogen-bond donors (Lipinski definition) is 0. The minimum absolute atomic E-state index is 0.223. The zero-order valence-electron chi connectivity index (χ0n) is 36.1. The van der Waals surface area contributed by atoms with Crippen LogP contribution in [0.3, 0.4) is 0 Å². The molecule has 11 aromatic rings. The topological polar surface area (TPSA) is 0 Å². The fourth-order valence-electron chi connectivity index (χ4n) is 11.1. The molecule has 0 N–H and O–H groups in total. The van der Waals surface area contributed by atoms with Crippen molar-refractivity contribution in [2.45, 2.75) is 19.3 Å². The fraction of sp³-hybridized carbons (Fsp3) is 0.0476. The summed E-state index contributed by atoms with van der Waals surface area (Å²) in [7, 11) is -2.70. The summed E-state index contributed by atoms with van der Waals surface area (Å²) in [5.74, 6) is 0. The van der Waals surface area contributed by atoms with Crippen molar-refractivity contribution < 1.29 is 0 Å². The Morgan fingerprint density at radius 2 is 0.688 bits per heavy atom. The summed E-state index contributed by atoms with van der Waals surface area (Å²) in [6.45, 7) is 4.87. The molecule has 64 heavy (non-hydrogen) atoms. The van der Waals surface area contributed by atoms with Crippen LogP contribution in [-0.2, 0) is 5.41 Å². The average molecular weight is 831 g/mol. The Bertz CT molecular complexity index is 3400. The van der Waals surface area contributed by atoms with Crippen LogP contribution in [0.5, 0.6) is 0 Å². The summed E-state index contributed by atoms with van der Waals surface area (Å²) in [5, 5.41) is 13.2. The highest BCUT2D eigenvalue weighted by Crippen LogP contribution is 2.51. The summed E-state index contributed by atoms with van der Waals surface area (Å²) in [6.07, 6.45) is 0. The Hall–Kier alpha value is -7.58. The van der Waals surface area contributed by atoms with E-state index < -0.39 is 8.07 Å². The molecule has 1 aliphatic rings. The van der Waals surface area contributed by atoms with Gasteiger partial charge in [0.15, 0.2) is 8.07 Å². The van der Waals surface area contributed by atoms with Gasteiger partial charge in [-0.2, -0.15) is 0 Å². The van der Waals surface area contributed by atoms with Gasteiger partial charge in [-0.1, -0.05) is 244 Å². The standard InChI is InChI=1S/C63H46Si/c1-63(2)59-41-48(36-38-53(59)54-39-37-52(42-60(54)63)64(49-20-6-3-7-21-49,50-22-8-4-9-23-50)51-24-10-5-11-25-51)62-57-28-16-14-26-55(57)61(56-27-15-17-29-58(56)62)45-33-30-44(31-34-45)47-35-32-43-18-12-13-19-46(43)40-47/h3-42H,1-2H3. The second-order valence-corrected chi connectivity index (χ2v) is 21.8. The Kier molecular flexibility index (Phi) is 8.96. The second-order valence-electron chi connectivity index (χ2n) is 18.0. The normalized spacial score (nSPS) is 13.0. The lowest BCUT2D eigenvalue weighted by atomic mass is 9.80. The molecular formula is C63H46Si. The number of benzene rings is 11. The highest BCUT2D eigenvalue weighted by Gasteiger charge is 2.44. The summed E-state index contributed by atoms with van der Waals surface area (Å²) in [6, 6.07) is 91.2. The highest BCUT2D eigenvalue weighted by atomic mass is 28.3. The number of rotatable bonds is 7. The molecular weight excluding hydrogens is 785 g/mol. The zero-order chi connectivity index (χ0) is 42.8. The molecule has 1 aliphatic carbocycles. The molecule has 0 unspecified atom stereocenters. The molecule has 0 spiro atoms. The van der Waals surface area contributed by atoms with Crippen LogP contribution < -0.4 is 20.7 Å². The van der Waals surface area contributed by atoms with Crippen LogP contribution in [0.25, 0.3) is 76.8 Å². The molecule has 0 aliphatic heterocycles. The van der Waals surface area contributed by atoms with Crippen LogP contribution >= 0.6 is 0 Å². The molecule has 1 heteroatoms. The van der Waals surface area contributed by atoms with Crippen LogP contribution in [0.1, 0.15) is 25.0 Å². The van der Waals surface area contributed by atoms with E-state index in [0.717, 1.165) is 0 Å². The quantitative estimate of drug-likeness (QED) is 0.0853. The SMILES string of the molecule is CC1(C)c2cc(-c3c4ccccc4c(-c4ccc(-c5ccc6ccccc6c5)cc4)c4ccccc34)ccc2-c2ccc([Si](c3ccccc3)(c3ccccc3)c3ccccc3)cc21. The van der Waals surface area contributed by atoms with E-state index >= 15 is 0 Å². The monoisotopic (exact) mass is 830 g/mol. The lowest BCUT2D eigenvalue weighted by Gasteiger charge is -2.35. The maximum absolute atomic E-state index is 2.70. The maximum atomic E-state index is 2.58. The zero-order valence-corrected chi connectivity index (χ0v) is 37.1. The fourth-order valence-corrected chi connectivity index (χ4v) is 15.9. The predicted molar refractivity (Wildman–Crippen MR) is 276 cm³/mol. The van der Waals surface area contributed by atoms with Crippen molar-refractivity contribution in [1.82, 2.24) is 0 Å². The molecule has 0 radical (unpaired) electrons. The van der Waals surface area contributed by atoms with Gasteiger partial charge in [0.25, 0.3) is 0 Å². The Balaban J connectivity index is 0.995. The average Bonchev–Trinajstić information content (AvgIpc) is 3.58. The maximum Gasteiger partial charge on any atom is 0.179 e. The van der Waals surface area contributed by atoms with Gasteiger partial charge in [-0.3, -0.25) is 0 Å². The van der Waals surface area contributed by atoms with Crippen molar-refractivity contribution in [3.63, 3.8) is 0 Å². The third-order valence-corrected chi connectivity index (χ3v) is 19.0. The van der Waals surface area contributed by atoms with Gasteiger partial charge in [0.05, 0.1) is 0 Å². The van der Waals surface area contributed by atoms with E-state index in [0.29, 0.717) is 0 Å². The number of fused-ring (bicyclic) bond motifs is 6. The van der Waals surface area contributed by atoms with E-state index in [-0.39, 0.29) is 5.41 Å². The van der Waals surface area contributed by atoms with Gasteiger partial charge < -0.3 is 0 Å². The second kappa shape index (κ2) is 15.1. The summed E-state index contributed by atoms with van der Waals surface area (Å²) in [5.41, 5.74) is 12.7. The van der Waals surface area contributed by atoms with Crippen molar-refractivity contribution in [2.75, 3.05) is 0 Å². The third-order valence-electron chi connectivity index (χ3n) is 14.2. The first-order valence-corrected chi connectivity index (χ1v) is 24.5. The molecule has 0 saturated heterocycles. The minimum Gasteiger partial charge on any atom is -0.0623 e. The molecule has 0 heterocycles. The molecule has 0 aromatic heterocycles. The Morgan fingerprint density at radius 3 is 1.23 bits per heavy atom. The van der Waals surface area contributed by atoms with Crippen molar-refractivity contribution in [3.8, 4) is 44.5 Å². The van der Waals surface area contributed by atoms with E-state index in [2.05, 4.69) is 257 Å². The Morgan fingerprint density at radius 1 is 0.281 bits per heavy atom. The van der Waals surface area contributed by atoms with E-state index in [4.69, 9.17) is 0 Å². The first kappa shape index (κ1) is 38.1. The molecule has 0 saturated carbocycles. The number of hydrogen-bond acceptors (Lipinski definition) is 0. The van der Waals surface area contributed by atoms with Crippen molar-refractivity contribution in [3.05, 3.63) is 254 Å². The van der Waals surface area contributed by atoms with E-state index in [9.17, 15) is 0 Å². The molecule has 0 atom stereocenters. The summed E-state index contributed by atoms with van der Waals surface area (Å²) >= 11 is 0. The smallest absolute Gasteiger partial charge is 0.0623 e. The van der Waals surface area contributed by atoms with E-state index in [1.807, 2.05) is 0 Å². The van der Waals surface area contributed by atoms with Gasteiger partial charge in [-0.25, -0.2) is 0 Å². The molecule has 0 bridgehead atoms. The minimum atomic E-state index is -2.70. The predicted octanol–water partition coefficient (Wildman–Crippen LogP) is 13.8.